The third kappa shape index (κ3) is 1.38. The van der Waals surface area contributed by atoms with Crippen molar-refractivity contribution in [3.63, 3.8) is 0 Å². The summed E-state index contributed by atoms with van der Waals surface area (Å²) in [6, 6.07) is 6.84. The first-order valence-corrected chi connectivity index (χ1v) is 5.00. The molecule has 2 aromatic heterocycles. The summed E-state index contributed by atoms with van der Waals surface area (Å²) in [7, 11) is 0. The van der Waals surface area contributed by atoms with Crippen molar-refractivity contribution < 1.29 is 5.11 Å². The molecule has 3 N–H and O–H groups in total. The van der Waals surface area contributed by atoms with Gasteiger partial charge in [0.1, 0.15) is 12.1 Å². The first-order valence-electron chi connectivity index (χ1n) is 5.00. The van der Waals surface area contributed by atoms with Gasteiger partial charge in [0.25, 0.3) is 0 Å². The van der Waals surface area contributed by atoms with Gasteiger partial charge in [-0.25, -0.2) is 4.98 Å². The number of anilines is 1. The number of nitrogens with zero attached hydrogens (tertiary/aromatic N) is 4. The van der Waals surface area contributed by atoms with Crippen LogP contribution in [0.5, 0.6) is 5.75 Å². The van der Waals surface area contributed by atoms with Gasteiger partial charge >= 0.3 is 0 Å². The topological polar surface area (TPSA) is 89.3 Å². The van der Waals surface area contributed by atoms with E-state index in [2.05, 4.69) is 15.2 Å². The SMILES string of the molecule is Nc1cccc(-c2nnc3ccncn23)c1O. The quantitative estimate of drug-likeness (QED) is 0.479. The Kier molecular flexibility index (Phi) is 1.94. The molecule has 0 saturated heterocycles. The largest absolute Gasteiger partial charge is 0.505 e. The van der Waals surface area contributed by atoms with Crippen LogP contribution in [0.3, 0.4) is 0 Å². The van der Waals surface area contributed by atoms with E-state index in [1.165, 1.54) is 0 Å². The first-order chi connectivity index (χ1) is 8.27. The lowest BCUT2D eigenvalue weighted by molar-refractivity contribution is 0.479. The summed E-state index contributed by atoms with van der Waals surface area (Å²) in [5.41, 5.74) is 7.15. The van der Waals surface area contributed by atoms with Crippen LogP contribution < -0.4 is 5.73 Å². The van der Waals surface area contributed by atoms with Gasteiger partial charge < -0.3 is 10.8 Å². The van der Waals surface area contributed by atoms with E-state index in [0.29, 0.717) is 22.7 Å². The Morgan fingerprint density at radius 2 is 2.06 bits per heavy atom. The normalized spacial score (nSPS) is 10.8. The fourth-order valence-corrected chi connectivity index (χ4v) is 1.67. The lowest BCUT2D eigenvalue weighted by Gasteiger charge is -2.04. The third-order valence-electron chi connectivity index (χ3n) is 2.52. The van der Waals surface area contributed by atoms with Crippen molar-refractivity contribution in [2.75, 3.05) is 5.73 Å². The average molecular weight is 227 g/mol. The number of hydrogen-bond acceptors (Lipinski definition) is 5. The molecule has 84 valence electrons. The number of nitrogen functional groups attached to an aromatic ring is 1. The van der Waals surface area contributed by atoms with Crippen LogP contribution in [0.4, 0.5) is 5.69 Å². The maximum Gasteiger partial charge on any atom is 0.173 e. The molecule has 0 radical (unpaired) electrons. The van der Waals surface area contributed by atoms with Crippen LogP contribution in [0.1, 0.15) is 0 Å². The van der Waals surface area contributed by atoms with Gasteiger partial charge in [-0.3, -0.25) is 4.40 Å². The summed E-state index contributed by atoms with van der Waals surface area (Å²) in [5, 5.41) is 17.9. The molecule has 2 heterocycles. The summed E-state index contributed by atoms with van der Waals surface area (Å²) in [4.78, 5) is 3.99. The lowest BCUT2D eigenvalue weighted by Crippen LogP contribution is -1.93. The van der Waals surface area contributed by atoms with Gasteiger partial charge in [-0.1, -0.05) is 6.07 Å². The molecule has 0 bridgehead atoms. The minimum absolute atomic E-state index is 0.00523. The molecular weight excluding hydrogens is 218 g/mol. The summed E-state index contributed by atoms with van der Waals surface area (Å²) in [6.07, 6.45) is 3.22. The monoisotopic (exact) mass is 227 g/mol. The maximum atomic E-state index is 9.90. The summed E-state index contributed by atoms with van der Waals surface area (Å²) < 4.78 is 1.69. The third-order valence-corrected chi connectivity index (χ3v) is 2.52. The van der Waals surface area contributed by atoms with E-state index in [1.54, 1.807) is 41.2 Å². The van der Waals surface area contributed by atoms with Crippen molar-refractivity contribution in [3.05, 3.63) is 36.8 Å². The molecule has 17 heavy (non-hydrogen) atoms. The minimum Gasteiger partial charge on any atom is -0.505 e. The number of rotatable bonds is 1. The number of fused-ring (bicyclic) bond motifs is 1. The van der Waals surface area contributed by atoms with Crippen LogP contribution in [0.25, 0.3) is 17.0 Å². The molecule has 0 saturated carbocycles. The van der Waals surface area contributed by atoms with Crippen molar-refractivity contribution in [2.24, 2.45) is 0 Å². The van der Waals surface area contributed by atoms with Crippen LogP contribution in [-0.4, -0.2) is 24.7 Å². The van der Waals surface area contributed by atoms with Crippen LogP contribution in [0.2, 0.25) is 0 Å². The smallest absolute Gasteiger partial charge is 0.173 e. The predicted molar refractivity (Wildman–Crippen MR) is 62.3 cm³/mol. The molecule has 0 spiro atoms. The van der Waals surface area contributed by atoms with E-state index in [-0.39, 0.29) is 5.75 Å². The number of hydrogen-bond donors (Lipinski definition) is 2. The second kappa shape index (κ2) is 3.44. The van der Waals surface area contributed by atoms with Gasteiger partial charge in [-0.05, 0) is 12.1 Å². The Labute approximate surface area is 96.4 Å². The highest BCUT2D eigenvalue weighted by Crippen LogP contribution is 2.32. The minimum atomic E-state index is 0.00523. The van der Waals surface area contributed by atoms with Gasteiger partial charge in [0, 0.05) is 12.3 Å². The second-order valence-corrected chi connectivity index (χ2v) is 3.58. The van der Waals surface area contributed by atoms with Crippen LogP contribution in [0, 0.1) is 0 Å². The van der Waals surface area contributed by atoms with E-state index < -0.39 is 0 Å². The molecule has 3 rings (SSSR count). The van der Waals surface area contributed by atoms with Crippen molar-refractivity contribution in [2.45, 2.75) is 0 Å². The zero-order valence-electron chi connectivity index (χ0n) is 8.78. The molecule has 0 aliphatic rings. The van der Waals surface area contributed by atoms with Gasteiger partial charge in [0.05, 0.1) is 11.3 Å². The Morgan fingerprint density at radius 1 is 1.18 bits per heavy atom. The highest BCUT2D eigenvalue weighted by atomic mass is 16.3. The average Bonchev–Trinajstić information content (AvgIpc) is 2.77. The molecule has 0 aliphatic heterocycles. The fourth-order valence-electron chi connectivity index (χ4n) is 1.67. The zero-order chi connectivity index (χ0) is 11.8. The standard InChI is InChI=1S/C11H9N5O/c12-8-3-1-2-7(10(8)17)11-15-14-9-4-5-13-6-16(9)11/h1-6,17H,12H2. The van der Waals surface area contributed by atoms with E-state index >= 15 is 0 Å². The number of nitrogens with two attached hydrogens (primary N) is 1. The molecule has 3 aromatic rings. The number of phenolic OH excluding ortho intramolecular Hbond substituents is 1. The van der Waals surface area contributed by atoms with Crippen molar-refractivity contribution in [1.82, 2.24) is 19.6 Å². The highest BCUT2D eigenvalue weighted by molar-refractivity contribution is 5.73. The number of para-hydroxylation sites is 1. The molecular formula is C11H9N5O. The molecule has 0 amide bonds. The number of benzene rings is 1. The van der Waals surface area contributed by atoms with Crippen molar-refractivity contribution in [1.29, 1.82) is 0 Å². The van der Waals surface area contributed by atoms with Gasteiger partial charge in [0.15, 0.2) is 11.5 Å². The lowest BCUT2D eigenvalue weighted by atomic mass is 10.1. The highest BCUT2D eigenvalue weighted by Gasteiger charge is 2.13. The second-order valence-electron chi connectivity index (χ2n) is 3.58. The zero-order valence-corrected chi connectivity index (χ0v) is 8.78. The van der Waals surface area contributed by atoms with Crippen LogP contribution in [-0.2, 0) is 0 Å². The number of aromatic hydroxyl groups is 1. The van der Waals surface area contributed by atoms with Crippen LogP contribution in [0.15, 0.2) is 36.8 Å². The van der Waals surface area contributed by atoms with Gasteiger partial charge in [-0.2, -0.15) is 0 Å². The molecule has 0 unspecified atom stereocenters. The molecule has 0 fully saturated rings. The molecule has 1 aromatic carbocycles. The summed E-state index contributed by atoms with van der Waals surface area (Å²) in [5.74, 6) is 0.517. The molecule has 0 atom stereocenters. The van der Waals surface area contributed by atoms with Crippen molar-refractivity contribution >= 4 is 11.3 Å². The Bertz CT molecular complexity index is 691. The number of phenols is 1. The molecule has 0 aliphatic carbocycles. The Hall–Kier alpha value is -2.63. The maximum absolute atomic E-state index is 9.90. The molecule has 6 heteroatoms. The number of aromatic nitrogens is 4. The summed E-state index contributed by atoms with van der Waals surface area (Å²) in [6.45, 7) is 0. The summed E-state index contributed by atoms with van der Waals surface area (Å²) >= 11 is 0. The van der Waals surface area contributed by atoms with Gasteiger partial charge in [0.2, 0.25) is 0 Å². The van der Waals surface area contributed by atoms with Gasteiger partial charge in [-0.15, -0.1) is 10.2 Å². The first kappa shape index (κ1) is 9.59. The van der Waals surface area contributed by atoms with E-state index in [0.717, 1.165) is 0 Å². The van der Waals surface area contributed by atoms with E-state index in [9.17, 15) is 5.11 Å². The molecule has 6 nitrogen and oxygen atoms in total. The van der Waals surface area contributed by atoms with E-state index in [4.69, 9.17) is 5.73 Å². The Balaban J connectivity index is 2.31. The Morgan fingerprint density at radius 3 is 2.94 bits per heavy atom. The fraction of sp³-hybridized carbons (Fsp3) is 0. The van der Waals surface area contributed by atoms with Crippen molar-refractivity contribution in [3.8, 4) is 17.1 Å². The van der Waals surface area contributed by atoms with Crippen LogP contribution >= 0.6 is 0 Å². The predicted octanol–water partition coefficient (Wildman–Crippen LogP) is 1.08. The van der Waals surface area contributed by atoms with E-state index in [1.807, 2.05) is 0 Å².